The molecule has 0 aliphatic carbocycles. The summed E-state index contributed by atoms with van der Waals surface area (Å²) in [5.41, 5.74) is 1.95. The number of nitro groups is 1. The number of nitrogens with zero attached hydrogens (tertiary/aromatic N) is 3. The van der Waals surface area contributed by atoms with Crippen molar-refractivity contribution in [2.45, 2.75) is 19.9 Å². The first-order chi connectivity index (χ1) is 8.60. The Morgan fingerprint density at radius 1 is 1.56 bits per heavy atom. The maximum absolute atomic E-state index is 11.0. The Balaban J connectivity index is 2.90. The number of nitrogens with one attached hydrogen (secondary N) is 2. The topological polar surface area (TPSA) is 119 Å². The van der Waals surface area contributed by atoms with Gasteiger partial charge in [-0.25, -0.2) is 15.8 Å². The summed E-state index contributed by atoms with van der Waals surface area (Å²) in [6.07, 6.45) is 1.23. The van der Waals surface area contributed by atoms with Gasteiger partial charge in [0.1, 0.15) is 6.33 Å². The molecule has 1 heterocycles. The average Bonchev–Trinajstić information content (AvgIpc) is 2.35. The van der Waals surface area contributed by atoms with Gasteiger partial charge in [-0.15, -0.1) is 0 Å². The van der Waals surface area contributed by atoms with E-state index in [9.17, 15) is 10.1 Å². The molecule has 0 amide bonds. The van der Waals surface area contributed by atoms with E-state index in [-0.39, 0.29) is 23.4 Å². The Labute approximate surface area is 109 Å². The number of aromatic nitrogens is 2. The zero-order valence-corrected chi connectivity index (χ0v) is 11.0. The average molecular weight is 272 g/mol. The SMILES string of the molecule is CCSCC(C)Nc1ncnc(NN)c1[N+](=O)[O-]. The number of hydrogen-bond donors (Lipinski definition) is 3. The van der Waals surface area contributed by atoms with Crippen molar-refractivity contribution in [3.63, 3.8) is 0 Å². The Morgan fingerprint density at radius 2 is 2.22 bits per heavy atom. The van der Waals surface area contributed by atoms with E-state index in [1.54, 1.807) is 11.8 Å². The molecule has 1 unspecified atom stereocenters. The third kappa shape index (κ3) is 3.70. The van der Waals surface area contributed by atoms with Crippen molar-refractivity contribution in [3.05, 3.63) is 16.4 Å². The van der Waals surface area contributed by atoms with E-state index in [1.165, 1.54) is 6.33 Å². The van der Waals surface area contributed by atoms with E-state index in [4.69, 9.17) is 5.84 Å². The van der Waals surface area contributed by atoms with Gasteiger partial charge in [0.2, 0.25) is 11.6 Å². The standard InChI is InChI=1S/C9H16N6O2S/c1-3-18-4-6(2)13-8-7(15(16)17)9(14-10)12-5-11-8/h5-6H,3-4,10H2,1-2H3,(H2,11,12,13,14). The summed E-state index contributed by atoms with van der Waals surface area (Å²) in [7, 11) is 0. The van der Waals surface area contributed by atoms with Crippen LogP contribution in [0.15, 0.2) is 6.33 Å². The van der Waals surface area contributed by atoms with Gasteiger partial charge >= 0.3 is 5.69 Å². The molecule has 4 N–H and O–H groups in total. The molecule has 0 fully saturated rings. The quantitative estimate of drug-likeness (QED) is 0.385. The molecule has 0 radical (unpaired) electrons. The summed E-state index contributed by atoms with van der Waals surface area (Å²) >= 11 is 1.74. The van der Waals surface area contributed by atoms with E-state index < -0.39 is 4.92 Å². The zero-order valence-electron chi connectivity index (χ0n) is 10.2. The van der Waals surface area contributed by atoms with Gasteiger partial charge in [-0.1, -0.05) is 6.92 Å². The van der Waals surface area contributed by atoms with E-state index in [0.717, 1.165) is 11.5 Å². The van der Waals surface area contributed by atoms with Crippen LogP contribution in [0, 0.1) is 10.1 Å². The van der Waals surface area contributed by atoms with Gasteiger partial charge in [-0.05, 0) is 12.7 Å². The minimum atomic E-state index is -0.558. The van der Waals surface area contributed by atoms with Gasteiger partial charge in [0, 0.05) is 11.8 Å². The van der Waals surface area contributed by atoms with Gasteiger partial charge < -0.3 is 10.7 Å². The van der Waals surface area contributed by atoms with Gasteiger partial charge in [-0.3, -0.25) is 10.1 Å². The van der Waals surface area contributed by atoms with Crippen molar-refractivity contribution >= 4 is 29.1 Å². The fraction of sp³-hybridized carbons (Fsp3) is 0.556. The molecule has 1 aromatic rings. The van der Waals surface area contributed by atoms with Crippen LogP contribution >= 0.6 is 11.8 Å². The molecule has 0 aromatic carbocycles. The molecule has 18 heavy (non-hydrogen) atoms. The van der Waals surface area contributed by atoms with Gasteiger partial charge in [-0.2, -0.15) is 11.8 Å². The number of anilines is 2. The molecule has 1 atom stereocenters. The van der Waals surface area contributed by atoms with Crippen LogP contribution in [-0.2, 0) is 0 Å². The first-order valence-electron chi connectivity index (χ1n) is 5.40. The summed E-state index contributed by atoms with van der Waals surface area (Å²) in [4.78, 5) is 18.0. The fourth-order valence-corrected chi connectivity index (χ4v) is 2.01. The first kappa shape index (κ1) is 14.5. The minimum absolute atomic E-state index is 0.00663. The van der Waals surface area contributed by atoms with Crippen molar-refractivity contribution in [2.75, 3.05) is 22.2 Å². The highest BCUT2D eigenvalue weighted by Gasteiger charge is 2.23. The lowest BCUT2D eigenvalue weighted by Crippen LogP contribution is -2.21. The van der Waals surface area contributed by atoms with Gasteiger partial charge in [0.05, 0.1) is 4.92 Å². The first-order valence-corrected chi connectivity index (χ1v) is 6.55. The highest BCUT2D eigenvalue weighted by Crippen LogP contribution is 2.28. The Kier molecular flexibility index (Phi) is 5.59. The summed E-state index contributed by atoms with van der Waals surface area (Å²) in [6.45, 7) is 3.99. The van der Waals surface area contributed by atoms with Crippen LogP contribution in [0.3, 0.4) is 0 Å². The van der Waals surface area contributed by atoms with E-state index >= 15 is 0 Å². The van der Waals surface area contributed by atoms with Crippen LogP contribution in [-0.4, -0.2) is 32.4 Å². The van der Waals surface area contributed by atoms with E-state index in [1.807, 2.05) is 6.92 Å². The summed E-state index contributed by atoms with van der Waals surface area (Å²) in [5.74, 6) is 7.19. The van der Waals surface area contributed by atoms with E-state index in [0.29, 0.717) is 0 Å². The van der Waals surface area contributed by atoms with Gasteiger partial charge in [0.25, 0.3) is 0 Å². The highest BCUT2D eigenvalue weighted by molar-refractivity contribution is 7.99. The lowest BCUT2D eigenvalue weighted by molar-refractivity contribution is -0.383. The molecule has 0 spiro atoms. The smallest absolute Gasteiger partial charge is 0.354 e. The predicted octanol–water partition coefficient (Wildman–Crippen LogP) is 1.22. The van der Waals surface area contributed by atoms with Gasteiger partial charge in [0.15, 0.2) is 0 Å². The number of hydrazine groups is 1. The Hall–Kier alpha value is -1.61. The molecular weight excluding hydrogens is 256 g/mol. The Bertz CT molecular complexity index is 416. The van der Waals surface area contributed by atoms with Crippen molar-refractivity contribution in [3.8, 4) is 0 Å². The molecule has 1 rings (SSSR count). The molecule has 0 aliphatic rings. The molecule has 1 aromatic heterocycles. The van der Waals surface area contributed by atoms with Crippen LogP contribution in [0.2, 0.25) is 0 Å². The predicted molar refractivity (Wildman–Crippen MR) is 72.6 cm³/mol. The Morgan fingerprint density at radius 3 is 2.78 bits per heavy atom. The third-order valence-electron chi connectivity index (χ3n) is 2.10. The van der Waals surface area contributed by atoms with Crippen LogP contribution < -0.4 is 16.6 Å². The number of hydrogen-bond acceptors (Lipinski definition) is 8. The molecule has 0 aliphatic heterocycles. The number of thioether (sulfide) groups is 1. The molecule has 8 nitrogen and oxygen atoms in total. The van der Waals surface area contributed by atoms with Crippen LogP contribution in [0.5, 0.6) is 0 Å². The second-order valence-corrected chi connectivity index (χ2v) is 4.84. The van der Waals surface area contributed by atoms with Crippen molar-refractivity contribution in [1.29, 1.82) is 0 Å². The molecule has 100 valence electrons. The molecular formula is C9H16N6O2S. The van der Waals surface area contributed by atoms with Crippen molar-refractivity contribution < 1.29 is 4.92 Å². The monoisotopic (exact) mass is 272 g/mol. The molecule has 0 saturated heterocycles. The summed E-state index contributed by atoms with van der Waals surface area (Å²) in [5, 5.41) is 14.0. The maximum atomic E-state index is 11.0. The van der Waals surface area contributed by atoms with Crippen LogP contribution in [0.4, 0.5) is 17.3 Å². The number of nitrogens with two attached hydrogens (primary N) is 1. The second kappa shape index (κ2) is 6.97. The van der Waals surface area contributed by atoms with Crippen LogP contribution in [0.1, 0.15) is 13.8 Å². The largest absolute Gasteiger partial charge is 0.361 e. The minimum Gasteiger partial charge on any atom is -0.361 e. The fourth-order valence-electron chi connectivity index (χ4n) is 1.33. The zero-order chi connectivity index (χ0) is 13.5. The van der Waals surface area contributed by atoms with Crippen molar-refractivity contribution in [2.24, 2.45) is 5.84 Å². The molecule has 0 saturated carbocycles. The third-order valence-corrected chi connectivity index (χ3v) is 3.24. The molecule has 9 heteroatoms. The normalized spacial score (nSPS) is 11.9. The highest BCUT2D eigenvalue weighted by atomic mass is 32.2. The van der Waals surface area contributed by atoms with Crippen molar-refractivity contribution in [1.82, 2.24) is 9.97 Å². The lowest BCUT2D eigenvalue weighted by atomic mass is 10.3. The second-order valence-electron chi connectivity index (χ2n) is 3.53. The number of nitrogen functional groups attached to an aromatic ring is 1. The van der Waals surface area contributed by atoms with Crippen LogP contribution in [0.25, 0.3) is 0 Å². The summed E-state index contributed by atoms with van der Waals surface area (Å²) < 4.78 is 0. The molecule has 0 bridgehead atoms. The lowest BCUT2D eigenvalue weighted by Gasteiger charge is -2.14. The van der Waals surface area contributed by atoms with E-state index in [2.05, 4.69) is 27.6 Å². The number of rotatable bonds is 7. The summed E-state index contributed by atoms with van der Waals surface area (Å²) in [6, 6.07) is 0.0641. The maximum Gasteiger partial charge on any atom is 0.354 e.